The third-order valence-corrected chi connectivity index (χ3v) is 5.69. The Morgan fingerprint density at radius 3 is 2.54 bits per heavy atom. The molecule has 1 saturated heterocycles. The molecular formula is C19H40N4O. The number of nitrogens with one attached hydrogen (secondary N) is 2. The van der Waals surface area contributed by atoms with Crippen LogP contribution < -0.4 is 10.6 Å². The van der Waals surface area contributed by atoms with Crippen molar-refractivity contribution < 1.29 is 5.11 Å². The third kappa shape index (κ3) is 6.98. The zero-order valence-corrected chi connectivity index (χ0v) is 16.4. The normalized spacial score (nSPS) is 20.2. The molecule has 0 aliphatic carbocycles. The Hall–Kier alpha value is -0.810. The van der Waals surface area contributed by atoms with E-state index in [1.54, 1.807) is 0 Å². The minimum absolute atomic E-state index is 0.123. The predicted molar refractivity (Wildman–Crippen MR) is 104 cm³/mol. The Morgan fingerprint density at radius 2 is 1.96 bits per heavy atom. The molecule has 0 aromatic rings. The lowest BCUT2D eigenvalue weighted by atomic mass is 9.79. The first-order valence-electron chi connectivity index (χ1n) is 9.97. The van der Waals surface area contributed by atoms with Crippen LogP contribution in [0.2, 0.25) is 0 Å². The highest BCUT2D eigenvalue weighted by molar-refractivity contribution is 5.79. The molecule has 1 atom stereocenters. The largest absolute Gasteiger partial charge is 0.396 e. The first-order valence-corrected chi connectivity index (χ1v) is 9.97. The van der Waals surface area contributed by atoms with Crippen molar-refractivity contribution in [2.75, 3.05) is 39.3 Å². The van der Waals surface area contributed by atoms with E-state index in [-0.39, 0.29) is 12.0 Å². The van der Waals surface area contributed by atoms with E-state index >= 15 is 0 Å². The van der Waals surface area contributed by atoms with Crippen LogP contribution in [0, 0.1) is 5.41 Å². The van der Waals surface area contributed by atoms with E-state index in [0.29, 0.717) is 6.04 Å². The summed E-state index contributed by atoms with van der Waals surface area (Å²) in [7, 11) is 0. The van der Waals surface area contributed by atoms with Gasteiger partial charge >= 0.3 is 0 Å². The van der Waals surface area contributed by atoms with Crippen molar-refractivity contribution in [2.24, 2.45) is 10.4 Å². The van der Waals surface area contributed by atoms with Crippen molar-refractivity contribution in [1.29, 1.82) is 0 Å². The van der Waals surface area contributed by atoms with Gasteiger partial charge in [0, 0.05) is 38.8 Å². The second kappa shape index (κ2) is 11.7. The minimum atomic E-state index is 0.123. The van der Waals surface area contributed by atoms with Crippen LogP contribution in [0.3, 0.4) is 0 Å². The molecule has 1 heterocycles. The summed E-state index contributed by atoms with van der Waals surface area (Å²) in [6.45, 7) is 14.0. The number of rotatable bonds is 10. The molecule has 1 aliphatic rings. The molecule has 0 aromatic heterocycles. The van der Waals surface area contributed by atoms with Crippen molar-refractivity contribution >= 4 is 5.96 Å². The molecule has 24 heavy (non-hydrogen) atoms. The lowest BCUT2D eigenvalue weighted by Gasteiger charge is -2.33. The molecule has 0 aromatic carbocycles. The van der Waals surface area contributed by atoms with Crippen molar-refractivity contribution in [3.8, 4) is 0 Å². The van der Waals surface area contributed by atoms with Gasteiger partial charge in [-0.15, -0.1) is 0 Å². The van der Waals surface area contributed by atoms with Gasteiger partial charge in [-0.3, -0.25) is 9.89 Å². The molecule has 0 spiro atoms. The van der Waals surface area contributed by atoms with Gasteiger partial charge in [0.25, 0.3) is 0 Å². The number of aliphatic hydroxyl groups is 1. The molecule has 1 unspecified atom stereocenters. The van der Waals surface area contributed by atoms with Gasteiger partial charge in [-0.1, -0.05) is 20.3 Å². The fourth-order valence-electron chi connectivity index (χ4n) is 3.54. The molecule has 0 bridgehead atoms. The van der Waals surface area contributed by atoms with Crippen LogP contribution in [-0.4, -0.2) is 61.3 Å². The number of hydrogen-bond acceptors (Lipinski definition) is 3. The SMILES string of the molecule is CCNC(=NCC(CC)(CC)CCO)NCCN1CCCCC1C. The molecule has 1 rings (SSSR count). The zero-order valence-electron chi connectivity index (χ0n) is 16.4. The summed E-state index contributed by atoms with van der Waals surface area (Å²) >= 11 is 0. The van der Waals surface area contributed by atoms with Gasteiger partial charge < -0.3 is 15.7 Å². The first-order chi connectivity index (χ1) is 11.6. The highest BCUT2D eigenvalue weighted by Gasteiger charge is 2.25. The van der Waals surface area contributed by atoms with Crippen LogP contribution >= 0.6 is 0 Å². The number of hydrogen-bond donors (Lipinski definition) is 3. The minimum Gasteiger partial charge on any atom is -0.396 e. The van der Waals surface area contributed by atoms with Crippen LogP contribution in [0.5, 0.6) is 0 Å². The highest BCUT2D eigenvalue weighted by atomic mass is 16.3. The van der Waals surface area contributed by atoms with Gasteiger partial charge in [-0.25, -0.2) is 0 Å². The summed E-state index contributed by atoms with van der Waals surface area (Å²) in [4.78, 5) is 7.39. The second-order valence-electron chi connectivity index (χ2n) is 7.18. The van der Waals surface area contributed by atoms with Gasteiger partial charge in [-0.2, -0.15) is 0 Å². The second-order valence-corrected chi connectivity index (χ2v) is 7.18. The van der Waals surface area contributed by atoms with Gasteiger partial charge in [0.1, 0.15) is 0 Å². The number of piperidine rings is 1. The number of guanidine groups is 1. The lowest BCUT2D eigenvalue weighted by molar-refractivity contribution is 0.163. The topological polar surface area (TPSA) is 59.9 Å². The summed E-state index contributed by atoms with van der Waals surface area (Å²) in [6, 6.07) is 0.706. The van der Waals surface area contributed by atoms with Gasteiger partial charge in [-0.05, 0) is 57.9 Å². The fourth-order valence-corrected chi connectivity index (χ4v) is 3.54. The first kappa shape index (κ1) is 21.2. The molecule has 0 amide bonds. The number of likely N-dealkylation sites (tertiary alicyclic amines) is 1. The Morgan fingerprint density at radius 1 is 1.21 bits per heavy atom. The van der Waals surface area contributed by atoms with Crippen molar-refractivity contribution in [3.63, 3.8) is 0 Å². The average molecular weight is 341 g/mol. The van der Waals surface area contributed by atoms with E-state index < -0.39 is 0 Å². The van der Waals surface area contributed by atoms with Crippen molar-refractivity contribution in [3.05, 3.63) is 0 Å². The van der Waals surface area contributed by atoms with E-state index in [2.05, 4.69) is 43.2 Å². The van der Waals surface area contributed by atoms with Gasteiger partial charge in [0.15, 0.2) is 5.96 Å². The highest BCUT2D eigenvalue weighted by Crippen LogP contribution is 2.30. The Labute approximate surface area is 149 Å². The van der Waals surface area contributed by atoms with E-state index in [1.807, 2.05) is 0 Å². The summed E-state index contributed by atoms with van der Waals surface area (Å²) in [6.07, 6.45) is 6.96. The summed E-state index contributed by atoms with van der Waals surface area (Å²) in [5, 5.41) is 16.2. The van der Waals surface area contributed by atoms with Gasteiger partial charge in [0.2, 0.25) is 0 Å². The summed E-state index contributed by atoms with van der Waals surface area (Å²) in [5.74, 6) is 0.909. The molecule has 5 nitrogen and oxygen atoms in total. The molecule has 5 heteroatoms. The predicted octanol–water partition coefficient (Wildman–Crippen LogP) is 2.60. The maximum Gasteiger partial charge on any atom is 0.191 e. The van der Waals surface area contributed by atoms with E-state index in [9.17, 15) is 5.11 Å². The maximum atomic E-state index is 9.36. The third-order valence-electron chi connectivity index (χ3n) is 5.69. The average Bonchev–Trinajstić information content (AvgIpc) is 2.60. The van der Waals surface area contributed by atoms with Crippen LogP contribution in [-0.2, 0) is 0 Å². The zero-order chi connectivity index (χ0) is 17.8. The van der Waals surface area contributed by atoms with Crippen molar-refractivity contribution in [2.45, 2.75) is 72.3 Å². The summed E-state index contributed by atoms with van der Waals surface area (Å²) < 4.78 is 0. The molecular weight excluding hydrogens is 300 g/mol. The van der Waals surface area contributed by atoms with Crippen molar-refractivity contribution in [1.82, 2.24) is 15.5 Å². The number of aliphatic hydroxyl groups excluding tert-OH is 1. The van der Waals surface area contributed by atoms with E-state index in [1.165, 1.54) is 25.8 Å². The van der Waals surface area contributed by atoms with Crippen LogP contribution in [0.25, 0.3) is 0 Å². The monoisotopic (exact) mass is 340 g/mol. The molecule has 142 valence electrons. The Kier molecular flexibility index (Phi) is 10.3. The molecule has 0 radical (unpaired) electrons. The Balaban J connectivity index is 2.52. The quantitative estimate of drug-likeness (QED) is 0.423. The lowest BCUT2D eigenvalue weighted by Crippen LogP contribution is -2.45. The maximum absolute atomic E-state index is 9.36. The fraction of sp³-hybridized carbons (Fsp3) is 0.947. The molecule has 1 fully saturated rings. The smallest absolute Gasteiger partial charge is 0.191 e. The summed E-state index contributed by atoms with van der Waals surface area (Å²) in [5.41, 5.74) is 0.123. The Bertz CT molecular complexity index is 355. The van der Waals surface area contributed by atoms with E-state index in [4.69, 9.17) is 4.99 Å². The van der Waals surface area contributed by atoms with Crippen LogP contribution in [0.15, 0.2) is 4.99 Å². The van der Waals surface area contributed by atoms with Crippen LogP contribution in [0.1, 0.15) is 66.2 Å². The number of aliphatic imine (C=N–C) groups is 1. The number of nitrogens with zero attached hydrogens (tertiary/aromatic N) is 2. The van der Waals surface area contributed by atoms with E-state index in [0.717, 1.165) is 51.4 Å². The standard InChI is InChI=1S/C19H40N4O/c1-5-19(6-2,11-15-24)16-22-18(20-7-3)21-12-14-23-13-9-8-10-17(23)4/h17,24H,5-16H2,1-4H3,(H2,20,21,22). The molecule has 0 saturated carbocycles. The molecule has 3 N–H and O–H groups in total. The van der Waals surface area contributed by atoms with Gasteiger partial charge in [0.05, 0.1) is 0 Å². The van der Waals surface area contributed by atoms with Crippen LogP contribution in [0.4, 0.5) is 0 Å². The molecule has 1 aliphatic heterocycles.